The summed E-state index contributed by atoms with van der Waals surface area (Å²) in [4.78, 5) is 3.99. The minimum Gasteiger partial charge on any atom is -0.310 e. The van der Waals surface area contributed by atoms with Crippen molar-refractivity contribution in [3.05, 3.63) is 29.6 Å². The van der Waals surface area contributed by atoms with Crippen LogP contribution in [0.2, 0.25) is 0 Å². The molecule has 1 heterocycles. The Labute approximate surface area is 71.8 Å². The highest BCUT2D eigenvalue weighted by Gasteiger charge is 1.95. The first-order chi connectivity index (χ1) is 5.84. The van der Waals surface area contributed by atoms with Gasteiger partial charge >= 0.3 is 0 Å². The molecule has 0 atom stereocenters. The van der Waals surface area contributed by atoms with E-state index in [0.717, 1.165) is 5.56 Å². The molecule has 0 unspecified atom stereocenters. The molecule has 0 saturated heterocycles. The summed E-state index contributed by atoms with van der Waals surface area (Å²) in [7, 11) is 0. The molecule has 0 amide bonds. The van der Waals surface area contributed by atoms with Crippen molar-refractivity contribution in [2.75, 3.05) is 13.2 Å². The first-order valence-electron chi connectivity index (χ1n) is 4.01. The summed E-state index contributed by atoms with van der Waals surface area (Å²) in [5, 5.41) is 2.98. The molecule has 1 aromatic rings. The highest BCUT2D eigenvalue weighted by atomic mass is 19.1. The molecule has 3 heteroatoms. The van der Waals surface area contributed by atoms with E-state index in [-0.39, 0.29) is 6.67 Å². The summed E-state index contributed by atoms with van der Waals surface area (Å²) in [6.07, 6.45) is 3.56. The minimum atomic E-state index is -0.320. The molecule has 1 rings (SSSR count). The largest absolute Gasteiger partial charge is 0.310 e. The lowest BCUT2D eigenvalue weighted by molar-refractivity contribution is 0.466. The lowest BCUT2D eigenvalue weighted by Crippen LogP contribution is -2.16. The van der Waals surface area contributed by atoms with Crippen LogP contribution in [0.3, 0.4) is 0 Å². The zero-order chi connectivity index (χ0) is 8.81. The number of hydrogen-bond acceptors (Lipinski definition) is 2. The van der Waals surface area contributed by atoms with Gasteiger partial charge in [-0.3, -0.25) is 4.98 Å². The maximum atomic E-state index is 11.7. The number of hydrogen-bond donors (Lipinski definition) is 1. The van der Waals surface area contributed by atoms with Crippen LogP contribution in [0.5, 0.6) is 0 Å². The number of aryl methyl sites for hydroxylation is 1. The summed E-state index contributed by atoms with van der Waals surface area (Å²) in [5.41, 5.74) is 2.32. The number of pyridine rings is 1. The Morgan fingerprint density at radius 2 is 2.42 bits per heavy atom. The van der Waals surface area contributed by atoms with Gasteiger partial charge in [0.25, 0.3) is 0 Å². The van der Waals surface area contributed by atoms with Gasteiger partial charge in [-0.2, -0.15) is 0 Å². The van der Waals surface area contributed by atoms with E-state index >= 15 is 0 Å². The van der Waals surface area contributed by atoms with E-state index in [4.69, 9.17) is 0 Å². The molecule has 0 aliphatic heterocycles. The van der Waals surface area contributed by atoms with Crippen LogP contribution in [-0.4, -0.2) is 18.2 Å². The molecule has 0 spiro atoms. The third-order valence-corrected chi connectivity index (χ3v) is 1.73. The van der Waals surface area contributed by atoms with Gasteiger partial charge in [0.05, 0.1) is 0 Å². The van der Waals surface area contributed by atoms with E-state index in [2.05, 4.69) is 10.3 Å². The van der Waals surface area contributed by atoms with E-state index < -0.39 is 0 Å². The quantitative estimate of drug-likeness (QED) is 0.688. The number of alkyl halides is 1. The zero-order valence-electron chi connectivity index (χ0n) is 7.18. The molecule has 1 N–H and O–H groups in total. The number of nitrogens with zero attached hydrogens (tertiary/aromatic N) is 1. The smallest absolute Gasteiger partial charge is 0.102 e. The lowest BCUT2D eigenvalue weighted by Gasteiger charge is -2.04. The average molecular weight is 168 g/mol. The van der Waals surface area contributed by atoms with Crippen LogP contribution in [0.25, 0.3) is 0 Å². The highest BCUT2D eigenvalue weighted by Crippen LogP contribution is 2.03. The van der Waals surface area contributed by atoms with Crippen molar-refractivity contribution in [3.63, 3.8) is 0 Å². The standard InChI is InChI=1S/C9H13FN2/c1-8-2-4-11-6-9(8)7-12-5-3-10/h2,4,6,12H,3,5,7H2,1H3. The van der Waals surface area contributed by atoms with Gasteiger partial charge in [0.15, 0.2) is 0 Å². The van der Waals surface area contributed by atoms with Crippen LogP contribution < -0.4 is 5.32 Å². The summed E-state index contributed by atoms with van der Waals surface area (Å²) in [5.74, 6) is 0. The summed E-state index contributed by atoms with van der Waals surface area (Å²) in [6, 6.07) is 1.95. The zero-order valence-corrected chi connectivity index (χ0v) is 7.18. The van der Waals surface area contributed by atoms with Crippen molar-refractivity contribution in [3.8, 4) is 0 Å². The van der Waals surface area contributed by atoms with Crippen molar-refractivity contribution >= 4 is 0 Å². The van der Waals surface area contributed by atoms with Crippen LogP contribution in [0.1, 0.15) is 11.1 Å². The van der Waals surface area contributed by atoms with Gasteiger partial charge in [-0.15, -0.1) is 0 Å². The second-order valence-corrected chi connectivity index (χ2v) is 2.67. The Morgan fingerprint density at radius 1 is 1.58 bits per heavy atom. The number of aromatic nitrogens is 1. The van der Waals surface area contributed by atoms with Crippen LogP contribution >= 0.6 is 0 Å². The van der Waals surface area contributed by atoms with Gasteiger partial charge in [0.2, 0.25) is 0 Å². The Balaban J connectivity index is 2.46. The first-order valence-corrected chi connectivity index (χ1v) is 4.01. The normalized spacial score (nSPS) is 10.2. The van der Waals surface area contributed by atoms with Crippen molar-refractivity contribution in [1.82, 2.24) is 10.3 Å². The molecular weight excluding hydrogens is 155 g/mol. The van der Waals surface area contributed by atoms with Crippen LogP contribution in [-0.2, 0) is 6.54 Å². The fourth-order valence-corrected chi connectivity index (χ4v) is 0.972. The van der Waals surface area contributed by atoms with E-state index in [0.29, 0.717) is 13.1 Å². The van der Waals surface area contributed by atoms with Gasteiger partial charge in [-0.05, 0) is 24.1 Å². The Hall–Kier alpha value is -0.960. The molecule has 0 aromatic carbocycles. The summed E-state index contributed by atoms with van der Waals surface area (Å²) in [6.45, 7) is 2.81. The number of rotatable bonds is 4. The third kappa shape index (κ3) is 2.58. The van der Waals surface area contributed by atoms with Gasteiger partial charge in [-0.1, -0.05) is 0 Å². The van der Waals surface area contributed by atoms with Crippen LogP contribution in [0, 0.1) is 6.92 Å². The van der Waals surface area contributed by atoms with E-state index in [1.165, 1.54) is 5.56 Å². The van der Waals surface area contributed by atoms with Crippen LogP contribution in [0.15, 0.2) is 18.5 Å². The fraction of sp³-hybridized carbons (Fsp3) is 0.444. The predicted octanol–water partition coefficient (Wildman–Crippen LogP) is 1.45. The second kappa shape index (κ2) is 4.83. The third-order valence-electron chi connectivity index (χ3n) is 1.73. The Morgan fingerprint density at radius 3 is 3.08 bits per heavy atom. The van der Waals surface area contributed by atoms with Gasteiger partial charge < -0.3 is 5.32 Å². The van der Waals surface area contributed by atoms with Gasteiger partial charge in [0, 0.05) is 25.5 Å². The number of nitrogens with one attached hydrogen (secondary N) is 1. The minimum absolute atomic E-state index is 0.320. The summed E-state index contributed by atoms with van der Waals surface area (Å²) >= 11 is 0. The molecule has 2 nitrogen and oxygen atoms in total. The van der Waals surface area contributed by atoms with Crippen molar-refractivity contribution < 1.29 is 4.39 Å². The van der Waals surface area contributed by atoms with Gasteiger partial charge in [0.1, 0.15) is 6.67 Å². The van der Waals surface area contributed by atoms with E-state index in [1.807, 2.05) is 13.0 Å². The topological polar surface area (TPSA) is 24.9 Å². The monoisotopic (exact) mass is 168 g/mol. The molecule has 0 fully saturated rings. The highest BCUT2D eigenvalue weighted by molar-refractivity contribution is 5.20. The number of halogens is 1. The van der Waals surface area contributed by atoms with E-state index in [9.17, 15) is 4.39 Å². The molecule has 0 radical (unpaired) electrons. The molecular formula is C9H13FN2. The molecule has 1 aromatic heterocycles. The van der Waals surface area contributed by atoms with Crippen LogP contribution in [0.4, 0.5) is 4.39 Å². The molecule has 12 heavy (non-hydrogen) atoms. The molecule has 66 valence electrons. The van der Waals surface area contributed by atoms with Crippen molar-refractivity contribution in [2.45, 2.75) is 13.5 Å². The molecule has 0 bridgehead atoms. The molecule has 0 aliphatic rings. The lowest BCUT2D eigenvalue weighted by atomic mass is 10.2. The SMILES string of the molecule is Cc1ccncc1CNCCF. The van der Waals surface area contributed by atoms with Gasteiger partial charge in [-0.25, -0.2) is 4.39 Å². The molecule has 0 saturated carbocycles. The Bertz CT molecular complexity index is 238. The average Bonchev–Trinajstić information content (AvgIpc) is 2.09. The predicted molar refractivity (Wildman–Crippen MR) is 46.7 cm³/mol. The molecule has 0 aliphatic carbocycles. The summed E-state index contributed by atoms with van der Waals surface area (Å²) < 4.78 is 11.7. The van der Waals surface area contributed by atoms with Crippen molar-refractivity contribution in [1.29, 1.82) is 0 Å². The van der Waals surface area contributed by atoms with E-state index in [1.54, 1.807) is 12.4 Å². The Kier molecular flexibility index (Phi) is 3.67. The maximum absolute atomic E-state index is 11.7. The second-order valence-electron chi connectivity index (χ2n) is 2.67. The fourth-order valence-electron chi connectivity index (χ4n) is 0.972. The maximum Gasteiger partial charge on any atom is 0.102 e. The first kappa shape index (κ1) is 9.13. The van der Waals surface area contributed by atoms with Crippen molar-refractivity contribution in [2.24, 2.45) is 0 Å².